The van der Waals surface area contributed by atoms with Crippen molar-refractivity contribution in [2.45, 2.75) is 25.3 Å². The molecule has 5 nitrogen and oxygen atoms in total. The van der Waals surface area contributed by atoms with E-state index in [1.54, 1.807) is 17.4 Å². The van der Waals surface area contributed by atoms with Gasteiger partial charge in [0.15, 0.2) is 5.43 Å². The fourth-order valence-electron chi connectivity index (χ4n) is 3.44. The first-order valence-electron chi connectivity index (χ1n) is 10.2. The molecule has 31 heavy (non-hydrogen) atoms. The van der Waals surface area contributed by atoms with Gasteiger partial charge in [0.1, 0.15) is 11.5 Å². The molecular weight excluding hydrogens is 410 g/mol. The van der Waals surface area contributed by atoms with Gasteiger partial charge in [-0.25, -0.2) is 0 Å². The summed E-state index contributed by atoms with van der Waals surface area (Å²) >= 11 is 1.56. The molecule has 0 unspecified atom stereocenters. The average molecular weight is 436 g/mol. The Morgan fingerprint density at radius 3 is 2.32 bits per heavy atom. The van der Waals surface area contributed by atoms with Crippen LogP contribution in [0.2, 0.25) is 0 Å². The molecule has 0 spiro atoms. The van der Waals surface area contributed by atoms with Gasteiger partial charge in [-0.2, -0.15) is 0 Å². The maximum absolute atomic E-state index is 13.1. The molecule has 0 aliphatic carbocycles. The predicted molar refractivity (Wildman–Crippen MR) is 126 cm³/mol. The Balaban J connectivity index is 1.65. The lowest BCUT2D eigenvalue weighted by molar-refractivity contribution is 0.115. The first-order valence-corrected chi connectivity index (χ1v) is 11.0. The summed E-state index contributed by atoms with van der Waals surface area (Å²) in [5, 5.41) is 20.1. The van der Waals surface area contributed by atoms with Crippen molar-refractivity contribution in [2.75, 3.05) is 13.2 Å². The lowest BCUT2D eigenvalue weighted by Gasteiger charge is -2.24. The minimum atomic E-state index is -1.00. The molecule has 0 aliphatic rings. The van der Waals surface area contributed by atoms with Gasteiger partial charge in [-0.3, -0.25) is 4.79 Å². The molecule has 0 atom stereocenters. The predicted octanol–water partition coefficient (Wildman–Crippen LogP) is 4.13. The van der Waals surface area contributed by atoms with Crippen molar-refractivity contribution in [3.63, 3.8) is 0 Å². The van der Waals surface area contributed by atoms with E-state index in [2.05, 4.69) is 0 Å². The Morgan fingerprint density at radius 1 is 0.903 bits per heavy atom. The van der Waals surface area contributed by atoms with E-state index in [0.29, 0.717) is 29.4 Å². The van der Waals surface area contributed by atoms with Gasteiger partial charge in [0.2, 0.25) is 0 Å². The van der Waals surface area contributed by atoms with Crippen LogP contribution in [-0.2, 0) is 6.42 Å². The van der Waals surface area contributed by atoms with E-state index >= 15 is 0 Å². The summed E-state index contributed by atoms with van der Waals surface area (Å²) in [7, 11) is 0. The van der Waals surface area contributed by atoms with Gasteiger partial charge in [-0.1, -0.05) is 23.8 Å². The minimum Gasteiger partial charge on any atom is -0.457 e. The van der Waals surface area contributed by atoms with E-state index in [1.165, 1.54) is 0 Å². The molecule has 0 amide bonds. The number of rotatable bonds is 7. The highest BCUT2D eigenvalue weighted by Crippen LogP contribution is 2.30. The standard InChI is InChI=1S/C25H25NO4S/c1-16-2-5-18(6-3-16)30-19-7-9-22-21(13-19)24(29)20-8-4-17(12-23(20)31-22)10-11-25(26,14-27)15-28/h2-9,12-13,27-28H,10-11,14-15,26H2,1H3. The van der Waals surface area contributed by atoms with E-state index < -0.39 is 5.54 Å². The van der Waals surface area contributed by atoms with Crippen LogP contribution in [0, 0.1) is 6.92 Å². The van der Waals surface area contributed by atoms with Crippen LogP contribution < -0.4 is 15.9 Å². The Morgan fingerprint density at radius 2 is 1.61 bits per heavy atom. The molecule has 1 aromatic heterocycles. The number of hydrogen-bond donors (Lipinski definition) is 3. The summed E-state index contributed by atoms with van der Waals surface area (Å²) in [6.45, 7) is 1.47. The van der Waals surface area contributed by atoms with Crippen molar-refractivity contribution in [1.29, 1.82) is 0 Å². The van der Waals surface area contributed by atoms with E-state index in [9.17, 15) is 15.0 Å². The first-order chi connectivity index (χ1) is 14.9. The second-order valence-corrected chi connectivity index (χ2v) is 9.10. The molecule has 4 aromatic rings. The molecule has 1 heterocycles. The smallest absolute Gasteiger partial charge is 0.196 e. The molecule has 3 aromatic carbocycles. The van der Waals surface area contributed by atoms with Gasteiger partial charge in [0.25, 0.3) is 0 Å². The molecule has 6 heteroatoms. The number of ether oxygens (including phenoxy) is 1. The third-order valence-electron chi connectivity index (χ3n) is 5.50. The maximum Gasteiger partial charge on any atom is 0.196 e. The second-order valence-electron chi connectivity index (χ2n) is 8.01. The monoisotopic (exact) mass is 435 g/mol. The lowest BCUT2D eigenvalue weighted by Crippen LogP contribution is -2.47. The third-order valence-corrected chi connectivity index (χ3v) is 6.64. The van der Waals surface area contributed by atoms with Crippen molar-refractivity contribution in [3.8, 4) is 11.5 Å². The second kappa shape index (κ2) is 8.77. The summed E-state index contributed by atoms with van der Waals surface area (Å²) in [6, 6.07) is 19.1. The Labute approximate surface area is 184 Å². The average Bonchev–Trinajstić information content (AvgIpc) is 2.79. The minimum absolute atomic E-state index is 0.0245. The molecule has 0 aliphatic heterocycles. The summed E-state index contributed by atoms with van der Waals surface area (Å²) in [6.07, 6.45) is 1.06. The van der Waals surface area contributed by atoms with Crippen LogP contribution in [-0.4, -0.2) is 29.0 Å². The van der Waals surface area contributed by atoms with Crippen molar-refractivity contribution in [1.82, 2.24) is 0 Å². The highest BCUT2D eigenvalue weighted by Gasteiger charge is 2.22. The van der Waals surface area contributed by atoms with E-state index in [4.69, 9.17) is 10.5 Å². The lowest BCUT2D eigenvalue weighted by atomic mass is 9.94. The number of hydrogen-bond acceptors (Lipinski definition) is 6. The summed E-state index contributed by atoms with van der Waals surface area (Å²) in [5.41, 5.74) is 7.12. The van der Waals surface area contributed by atoms with Gasteiger partial charge in [0, 0.05) is 20.2 Å². The Hall–Kier alpha value is -2.77. The molecule has 0 fully saturated rings. The van der Waals surface area contributed by atoms with Crippen LogP contribution in [0.3, 0.4) is 0 Å². The quantitative estimate of drug-likeness (QED) is 0.380. The zero-order valence-electron chi connectivity index (χ0n) is 17.3. The highest BCUT2D eigenvalue weighted by atomic mass is 32.1. The fourth-order valence-corrected chi connectivity index (χ4v) is 4.56. The summed E-state index contributed by atoms with van der Waals surface area (Å²) in [5.74, 6) is 1.36. The van der Waals surface area contributed by atoms with E-state index in [-0.39, 0.29) is 18.6 Å². The van der Waals surface area contributed by atoms with Crippen LogP contribution in [0.4, 0.5) is 0 Å². The van der Waals surface area contributed by atoms with Crippen molar-refractivity contribution >= 4 is 31.5 Å². The van der Waals surface area contributed by atoms with Gasteiger partial charge < -0.3 is 20.7 Å². The van der Waals surface area contributed by atoms with E-state index in [1.807, 2.05) is 61.5 Å². The molecule has 4 N–H and O–H groups in total. The number of fused-ring (bicyclic) bond motifs is 2. The fraction of sp³-hybridized carbons (Fsp3) is 0.240. The topological polar surface area (TPSA) is 92.8 Å². The zero-order valence-corrected chi connectivity index (χ0v) is 18.1. The van der Waals surface area contributed by atoms with Gasteiger partial charge in [-0.15, -0.1) is 11.3 Å². The summed E-state index contributed by atoms with van der Waals surface area (Å²) in [4.78, 5) is 13.1. The van der Waals surface area contributed by atoms with Crippen LogP contribution in [0.1, 0.15) is 17.5 Å². The van der Waals surface area contributed by atoms with Gasteiger partial charge >= 0.3 is 0 Å². The number of aliphatic hydroxyl groups excluding tert-OH is 2. The van der Waals surface area contributed by atoms with Crippen molar-refractivity contribution in [3.05, 3.63) is 82.0 Å². The first kappa shape index (κ1) is 21.5. The van der Waals surface area contributed by atoms with Crippen molar-refractivity contribution in [2.24, 2.45) is 5.73 Å². The van der Waals surface area contributed by atoms with Crippen LogP contribution in [0.15, 0.2) is 65.5 Å². The molecule has 0 radical (unpaired) electrons. The van der Waals surface area contributed by atoms with E-state index in [0.717, 1.165) is 26.3 Å². The molecular formula is C25H25NO4S. The molecule has 0 saturated heterocycles. The number of aryl methyl sites for hydroxylation is 2. The molecule has 4 rings (SSSR count). The Bertz CT molecular complexity index is 1280. The largest absolute Gasteiger partial charge is 0.457 e. The highest BCUT2D eigenvalue weighted by molar-refractivity contribution is 7.24. The molecule has 0 saturated carbocycles. The normalized spacial score (nSPS) is 11.9. The van der Waals surface area contributed by atoms with Crippen molar-refractivity contribution < 1.29 is 14.9 Å². The van der Waals surface area contributed by atoms with Crippen LogP contribution in [0.5, 0.6) is 11.5 Å². The maximum atomic E-state index is 13.1. The molecule has 0 bridgehead atoms. The SMILES string of the molecule is Cc1ccc(Oc2ccc3sc4cc(CCC(N)(CO)CO)ccc4c(=O)c3c2)cc1. The molecule has 160 valence electrons. The Kier molecular flexibility index (Phi) is 6.07. The number of nitrogens with two attached hydrogens (primary N) is 1. The van der Waals surface area contributed by atoms with Gasteiger partial charge in [0.05, 0.1) is 18.8 Å². The van der Waals surface area contributed by atoms with Crippen LogP contribution >= 0.6 is 11.3 Å². The van der Waals surface area contributed by atoms with Crippen LogP contribution in [0.25, 0.3) is 20.2 Å². The number of benzene rings is 3. The summed E-state index contributed by atoms with van der Waals surface area (Å²) < 4.78 is 7.72. The third kappa shape index (κ3) is 4.62. The van der Waals surface area contributed by atoms with Gasteiger partial charge in [-0.05, 0) is 67.8 Å². The number of aliphatic hydroxyl groups is 2. The zero-order chi connectivity index (χ0) is 22.0.